The number of anilines is 2. The molecule has 0 radical (unpaired) electrons. The smallest absolute Gasteiger partial charge is 0.404 e. The van der Waals surface area contributed by atoms with Crippen LogP contribution in [0.25, 0.3) is 11.2 Å². The van der Waals surface area contributed by atoms with Gasteiger partial charge in [0.05, 0.1) is 54.5 Å². The second-order valence-electron chi connectivity index (χ2n) is 21.2. The number of H-pyrrole nitrogens is 1. The molecule has 3 aromatic heterocycles. The lowest BCUT2D eigenvalue weighted by Gasteiger charge is -2.41. The van der Waals surface area contributed by atoms with Crippen molar-refractivity contribution in [2.45, 2.75) is 99.0 Å². The van der Waals surface area contributed by atoms with Crippen LogP contribution in [0, 0.1) is 5.92 Å². The number of ether oxygens (including phenoxy) is 3. The van der Waals surface area contributed by atoms with Crippen molar-refractivity contribution in [2.75, 3.05) is 50.7 Å². The number of Topliss-reactive ketones (excluding diaryl/α,β-unsaturated/α-hetero) is 2. The molecule has 0 saturated carbocycles. The Kier molecular flexibility index (Phi) is 20.2. The van der Waals surface area contributed by atoms with Crippen LogP contribution >= 0.6 is 11.8 Å². The van der Waals surface area contributed by atoms with Crippen LogP contribution < -0.4 is 55.1 Å². The van der Waals surface area contributed by atoms with Crippen molar-refractivity contribution >= 4 is 106 Å². The van der Waals surface area contributed by atoms with E-state index in [2.05, 4.69) is 51.5 Å². The first-order valence-corrected chi connectivity index (χ1v) is 28.8. The number of primary amides is 1. The Morgan fingerprint density at radius 2 is 1.57 bits per heavy atom. The number of nitrogens with one attached hydrogen (secondary N) is 6. The van der Waals surface area contributed by atoms with Crippen molar-refractivity contribution in [2.24, 2.45) is 28.1 Å². The van der Waals surface area contributed by atoms with Crippen LogP contribution in [0.1, 0.15) is 55.1 Å². The maximum Gasteiger partial charge on any atom is 0.404 e. The summed E-state index contributed by atoms with van der Waals surface area (Å²) < 4.78 is 17.2. The molecule has 0 spiro atoms. The highest BCUT2D eigenvalue weighted by Gasteiger charge is 2.77. The highest BCUT2D eigenvalue weighted by Crippen LogP contribution is 2.60. The summed E-state index contributed by atoms with van der Waals surface area (Å²) in [5, 5.41) is 64.3. The molecule has 37 nitrogen and oxygen atoms in total. The Balaban J connectivity index is 0.865. The number of aliphatic carboxylic acids is 3. The molecule has 0 bridgehead atoms. The van der Waals surface area contributed by atoms with Gasteiger partial charge in [-0.25, -0.2) is 24.4 Å². The van der Waals surface area contributed by atoms with Crippen molar-refractivity contribution in [1.82, 2.24) is 55.6 Å². The molecule has 2 fully saturated rings. The number of carboxylic acids is 3. The summed E-state index contributed by atoms with van der Waals surface area (Å²) in [7, 11) is 2.48. The molecule has 8 rings (SSSR count). The van der Waals surface area contributed by atoms with E-state index in [4.69, 9.17) is 37.1 Å². The molecule has 1 aromatic carbocycles. The second-order valence-corrected chi connectivity index (χ2v) is 22.2. The third-order valence-electron chi connectivity index (χ3n) is 15.4. The number of allylic oxidation sites excluding steroid dienone is 2. The zero-order valence-electron chi connectivity index (χ0n) is 49.0. The van der Waals surface area contributed by atoms with Crippen LogP contribution in [-0.2, 0) is 70.5 Å². The summed E-state index contributed by atoms with van der Waals surface area (Å²) in [4.78, 5) is 178. The van der Waals surface area contributed by atoms with E-state index in [1.165, 1.54) is 61.4 Å². The van der Waals surface area contributed by atoms with Gasteiger partial charge in [-0.1, -0.05) is 0 Å². The lowest BCUT2D eigenvalue weighted by Crippen LogP contribution is -2.56. The molecule has 4 aromatic rings. The maximum atomic E-state index is 14.1. The van der Waals surface area contributed by atoms with E-state index in [9.17, 15) is 83.1 Å². The van der Waals surface area contributed by atoms with Crippen molar-refractivity contribution < 1.29 is 92.5 Å². The maximum absolute atomic E-state index is 14.1. The van der Waals surface area contributed by atoms with Gasteiger partial charge in [0, 0.05) is 60.8 Å². The normalized spacial score (nSPS) is 19.1. The molecule has 8 atom stereocenters. The predicted octanol–water partition coefficient (Wildman–Crippen LogP) is -3.77. The molecule has 1 aliphatic carbocycles. The number of aromatic hydroxyl groups is 2. The molecule has 38 heteroatoms. The lowest BCUT2D eigenvalue weighted by atomic mass is 9.83. The van der Waals surface area contributed by atoms with Gasteiger partial charge in [-0.2, -0.15) is 4.98 Å². The van der Waals surface area contributed by atoms with Gasteiger partial charge in [0.25, 0.3) is 11.5 Å². The van der Waals surface area contributed by atoms with Crippen LogP contribution in [0.15, 0.2) is 73.8 Å². The van der Waals surface area contributed by atoms with E-state index < -0.39 is 168 Å². The van der Waals surface area contributed by atoms with Crippen LogP contribution in [0.5, 0.6) is 11.8 Å². The lowest BCUT2D eigenvalue weighted by molar-refractivity contribution is -0.153. The zero-order chi connectivity index (χ0) is 67.2. The number of nitrogens with zero attached hydrogens (tertiary/aromatic N) is 7. The number of nitrogen functional groups attached to an aromatic ring is 1. The SMILES string of the molecule is COC1=C(C)C(=O)C2=C(C1=O)[C@H](COC(N)=O)[C@]1(OC)[C@H]3[C@@H](CN21)N3C(=O)Cn1c(O)cc(SC[C@@H](NC(=O)[C@@H](CC(=O)O)NC(=O)[C@@H](CCCN=C(N)N)NC(=O)CC[C@@H](NC(=O)c2ccc(NCc3cnc4nc(N)[nH]c(=O)c4n3)cc2)C(=O)O)C(=O)O)c1O. The quantitative estimate of drug-likeness (QED) is 0.00595. The van der Waals surface area contributed by atoms with E-state index in [1.807, 2.05) is 0 Å². The van der Waals surface area contributed by atoms with Crippen LogP contribution in [0.2, 0.25) is 0 Å². The summed E-state index contributed by atoms with van der Waals surface area (Å²) in [5.41, 5.74) is 20.3. The number of piperazine rings is 1. The van der Waals surface area contributed by atoms with Gasteiger partial charge in [0.2, 0.25) is 47.0 Å². The Hall–Kier alpha value is -11.1. The molecule has 490 valence electrons. The van der Waals surface area contributed by atoms with Gasteiger partial charge in [0.1, 0.15) is 43.4 Å². The van der Waals surface area contributed by atoms with Gasteiger partial charge in [-0.3, -0.25) is 57.7 Å². The number of hydrogen-bond donors (Lipinski definition) is 15. The number of guanidine groups is 1. The average Bonchev–Trinajstić information content (AvgIpc) is 1.49. The number of rotatable bonds is 30. The zero-order valence-corrected chi connectivity index (χ0v) is 49.8. The number of carbonyl (C=O) groups excluding carboxylic acids is 8. The molecule has 6 amide bonds. The number of amides is 6. The fraction of sp³-hybridized carbons (Fsp3) is 0.407. The summed E-state index contributed by atoms with van der Waals surface area (Å²) >= 11 is 0.573. The number of carbonyl (C=O) groups is 11. The molecule has 4 aliphatic rings. The molecular formula is C54H63N17O20S. The Morgan fingerprint density at radius 3 is 2.21 bits per heavy atom. The van der Waals surface area contributed by atoms with E-state index in [0.29, 0.717) is 23.1 Å². The van der Waals surface area contributed by atoms with E-state index >= 15 is 0 Å². The molecule has 0 unspecified atom stereocenters. The van der Waals surface area contributed by atoms with Crippen molar-refractivity contribution in [3.05, 3.63) is 80.7 Å². The van der Waals surface area contributed by atoms with Crippen molar-refractivity contribution in [3.8, 4) is 11.8 Å². The van der Waals surface area contributed by atoms with Crippen molar-refractivity contribution in [3.63, 3.8) is 0 Å². The molecule has 92 heavy (non-hydrogen) atoms. The largest absolute Gasteiger partial charge is 0.494 e. The number of aromatic amines is 1. The summed E-state index contributed by atoms with van der Waals surface area (Å²) in [6.07, 6.45) is -2.32. The minimum Gasteiger partial charge on any atom is -0.494 e. The molecule has 2 saturated heterocycles. The van der Waals surface area contributed by atoms with E-state index in [0.717, 1.165) is 10.6 Å². The van der Waals surface area contributed by atoms with Gasteiger partial charge in [-0.05, 0) is 50.5 Å². The number of nitrogens with two attached hydrogens (primary N) is 4. The monoisotopic (exact) mass is 1300 g/mol. The molecular weight excluding hydrogens is 1240 g/mol. The van der Waals surface area contributed by atoms with Gasteiger partial charge in [0.15, 0.2) is 34.5 Å². The highest BCUT2D eigenvalue weighted by molar-refractivity contribution is 7.99. The van der Waals surface area contributed by atoms with Crippen LogP contribution in [-0.4, -0.2) is 213 Å². The van der Waals surface area contributed by atoms with Crippen molar-refractivity contribution in [1.29, 1.82) is 0 Å². The van der Waals surface area contributed by atoms with Crippen LogP contribution in [0.4, 0.5) is 16.4 Å². The fourth-order valence-corrected chi connectivity index (χ4v) is 12.1. The standard InChI is InChI=1S/C54H63N17O20S/c1-21-39(77)38-36(40(78)41(21)89-2)25(19-91-53(58)88)54(90-3)42-30(17-70(38)54)71(42)34(74)18-69-33(73)14-31(48(69)83)92-20-29(50(86)87)66-46(81)28(13-35(75)76)65-45(80)26(5-4-12-59-51(55)56)63-32(72)11-10-27(49(84)85)64-44(79)22-6-8-23(9-7-22)60-15-24-16-61-43-37(62-24)47(82)68-52(57)67-43/h6-9,14,16,25-30,42,60,73,83H,4-5,10-13,15,17-20H2,1-3H3,(H2,58,88)(H,63,72)(H,64,79)(H,65,80)(H,66,81)(H,75,76)(H,84,85)(H,86,87)(H4,55,56,59)(H3,57,61,67,68,82)/t25-,26+,27+,28+,29+,30+,42+,54-,71?/m0/s1. The number of methoxy groups -OCH3 is 2. The number of carboxylic acid groups (broad SMARTS) is 3. The summed E-state index contributed by atoms with van der Waals surface area (Å²) in [6, 6.07) is -1.90. The molecule has 3 aliphatic heterocycles. The third-order valence-corrected chi connectivity index (χ3v) is 16.5. The number of benzene rings is 1. The first-order valence-electron chi connectivity index (χ1n) is 27.8. The van der Waals surface area contributed by atoms with Gasteiger partial charge < -0.3 is 99.1 Å². The molecule has 6 heterocycles. The van der Waals surface area contributed by atoms with E-state index in [-0.39, 0.29) is 88.6 Å². The Morgan fingerprint density at radius 1 is 0.880 bits per heavy atom. The topological polar surface area (TPSA) is 576 Å². The predicted molar refractivity (Wildman–Crippen MR) is 315 cm³/mol. The average molecular weight is 1300 g/mol. The summed E-state index contributed by atoms with van der Waals surface area (Å²) in [5.74, 6) is -14.9. The number of aromatic nitrogens is 5. The number of ketones is 2. The van der Waals surface area contributed by atoms with Crippen LogP contribution in [0.3, 0.4) is 0 Å². The van der Waals surface area contributed by atoms with Gasteiger partial charge in [-0.15, -0.1) is 11.8 Å². The summed E-state index contributed by atoms with van der Waals surface area (Å²) in [6.45, 7) is 0.102. The Bertz CT molecular complexity index is 3850. The highest BCUT2D eigenvalue weighted by atomic mass is 32.2. The number of thioether (sulfide) groups is 1. The van der Waals surface area contributed by atoms with E-state index in [1.54, 1.807) is 0 Å². The fourth-order valence-electron chi connectivity index (χ4n) is 11.1. The number of aliphatic imine (C=N–C) groups is 1. The number of fused-ring (bicyclic) bond motifs is 5. The first kappa shape index (κ1) is 66.9. The second kappa shape index (κ2) is 27.8. The third kappa shape index (κ3) is 14.2. The minimum absolute atomic E-state index is 0.000660. The number of hydrogen-bond acceptors (Lipinski definition) is 25. The van der Waals surface area contributed by atoms with Gasteiger partial charge >= 0.3 is 24.0 Å². The first-order chi connectivity index (χ1) is 43.6. The minimum atomic E-state index is -2.00. The molecule has 19 N–H and O–H groups in total. The Labute approximate surface area is 522 Å².